The Balaban J connectivity index is 1.79. The van der Waals surface area contributed by atoms with Crippen molar-refractivity contribution in [2.75, 3.05) is 19.7 Å². The molecule has 1 aromatic carbocycles. The van der Waals surface area contributed by atoms with Gasteiger partial charge in [0, 0.05) is 19.6 Å². The van der Waals surface area contributed by atoms with E-state index in [0.717, 1.165) is 5.56 Å². The molecule has 2 aromatic rings. The number of likely N-dealkylation sites (tertiary alicyclic amines) is 1. The SMILES string of the molecule is CCOC(=O)c1onc2ccc(CN3CC[C@@H](O)[C@H](O)C3)cc12. The lowest BCUT2D eigenvalue weighted by Crippen LogP contribution is -2.46. The van der Waals surface area contributed by atoms with Crippen LogP contribution in [0.3, 0.4) is 0 Å². The Kier molecular flexibility index (Phi) is 4.61. The minimum Gasteiger partial charge on any atom is -0.460 e. The van der Waals surface area contributed by atoms with Crippen LogP contribution >= 0.6 is 0 Å². The van der Waals surface area contributed by atoms with Crippen LogP contribution in [0, 0.1) is 0 Å². The predicted octanol–water partition coefficient (Wildman–Crippen LogP) is 0.932. The molecule has 7 nitrogen and oxygen atoms in total. The summed E-state index contributed by atoms with van der Waals surface area (Å²) in [5.41, 5.74) is 1.58. The van der Waals surface area contributed by atoms with Crippen LogP contribution < -0.4 is 0 Å². The first-order valence-corrected chi connectivity index (χ1v) is 7.72. The third kappa shape index (κ3) is 3.36. The molecule has 0 spiro atoms. The van der Waals surface area contributed by atoms with Crippen molar-refractivity contribution in [3.8, 4) is 0 Å². The van der Waals surface area contributed by atoms with Gasteiger partial charge in [-0.2, -0.15) is 0 Å². The molecular weight excluding hydrogens is 300 g/mol. The van der Waals surface area contributed by atoms with E-state index >= 15 is 0 Å². The van der Waals surface area contributed by atoms with E-state index < -0.39 is 18.2 Å². The number of aromatic nitrogens is 1. The summed E-state index contributed by atoms with van der Waals surface area (Å²) >= 11 is 0. The number of hydrogen-bond donors (Lipinski definition) is 2. The number of ether oxygens (including phenoxy) is 1. The fourth-order valence-corrected chi connectivity index (χ4v) is 2.82. The first-order valence-electron chi connectivity index (χ1n) is 7.72. The number of carbonyl (C=O) groups excluding carboxylic acids is 1. The molecule has 1 aliphatic rings. The Morgan fingerprint density at radius 3 is 3.00 bits per heavy atom. The Hall–Kier alpha value is -1.96. The van der Waals surface area contributed by atoms with E-state index in [2.05, 4.69) is 10.1 Å². The molecule has 1 aliphatic heterocycles. The van der Waals surface area contributed by atoms with Crippen LogP contribution in [0.2, 0.25) is 0 Å². The maximum atomic E-state index is 11.9. The highest BCUT2D eigenvalue weighted by atomic mass is 16.6. The zero-order valence-electron chi connectivity index (χ0n) is 12.9. The van der Waals surface area contributed by atoms with E-state index in [1.165, 1.54) is 0 Å². The van der Waals surface area contributed by atoms with Crippen LogP contribution in [0.5, 0.6) is 0 Å². The second-order valence-electron chi connectivity index (χ2n) is 5.74. The highest BCUT2D eigenvalue weighted by Crippen LogP contribution is 2.22. The van der Waals surface area contributed by atoms with E-state index in [9.17, 15) is 15.0 Å². The largest absolute Gasteiger partial charge is 0.460 e. The van der Waals surface area contributed by atoms with Crippen LogP contribution in [0.4, 0.5) is 0 Å². The first kappa shape index (κ1) is 15.9. The molecule has 1 fully saturated rings. The molecule has 124 valence electrons. The number of nitrogens with zero attached hydrogens (tertiary/aromatic N) is 2. The van der Waals surface area contributed by atoms with Gasteiger partial charge in [-0.15, -0.1) is 0 Å². The van der Waals surface area contributed by atoms with Crippen molar-refractivity contribution >= 4 is 16.9 Å². The molecular formula is C16H20N2O5. The lowest BCUT2D eigenvalue weighted by molar-refractivity contribution is -0.0403. The number of hydrogen-bond acceptors (Lipinski definition) is 7. The van der Waals surface area contributed by atoms with Crippen molar-refractivity contribution in [3.63, 3.8) is 0 Å². The average Bonchev–Trinajstić information content (AvgIpc) is 2.94. The molecule has 1 aromatic heterocycles. The molecule has 2 atom stereocenters. The van der Waals surface area contributed by atoms with Crippen molar-refractivity contribution in [3.05, 3.63) is 29.5 Å². The van der Waals surface area contributed by atoms with E-state index in [4.69, 9.17) is 9.26 Å². The van der Waals surface area contributed by atoms with Gasteiger partial charge in [0.15, 0.2) is 0 Å². The van der Waals surface area contributed by atoms with Crippen LogP contribution in [0.25, 0.3) is 10.9 Å². The van der Waals surface area contributed by atoms with E-state index in [0.29, 0.717) is 37.0 Å². The van der Waals surface area contributed by atoms with Crippen molar-refractivity contribution < 1.29 is 24.3 Å². The Labute approximate surface area is 133 Å². The van der Waals surface area contributed by atoms with Gasteiger partial charge in [0.1, 0.15) is 5.52 Å². The summed E-state index contributed by atoms with van der Waals surface area (Å²) in [6, 6.07) is 5.57. The summed E-state index contributed by atoms with van der Waals surface area (Å²) < 4.78 is 10.1. The number of carbonyl (C=O) groups is 1. The van der Waals surface area contributed by atoms with Gasteiger partial charge in [-0.05, 0) is 31.0 Å². The van der Waals surface area contributed by atoms with Gasteiger partial charge in [-0.25, -0.2) is 4.79 Å². The summed E-state index contributed by atoms with van der Waals surface area (Å²) in [5, 5.41) is 23.8. The number of aliphatic hydroxyl groups excluding tert-OH is 2. The number of rotatable bonds is 4. The standard InChI is InChI=1S/C16H20N2O5/c1-2-22-16(21)15-11-7-10(3-4-12(11)17-23-15)8-18-6-5-13(19)14(20)9-18/h3-4,7,13-14,19-20H,2,5-6,8-9H2,1H3/t13-,14-/m1/s1. The second-order valence-corrected chi connectivity index (χ2v) is 5.74. The summed E-state index contributed by atoms with van der Waals surface area (Å²) in [7, 11) is 0. The molecule has 0 saturated carbocycles. The van der Waals surface area contributed by atoms with Crippen LogP contribution in [-0.4, -0.2) is 58.1 Å². The topological polar surface area (TPSA) is 96.0 Å². The van der Waals surface area contributed by atoms with Crippen molar-refractivity contribution in [1.29, 1.82) is 0 Å². The predicted molar refractivity (Wildman–Crippen MR) is 81.9 cm³/mol. The fourth-order valence-electron chi connectivity index (χ4n) is 2.82. The average molecular weight is 320 g/mol. The van der Waals surface area contributed by atoms with Gasteiger partial charge >= 0.3 is 5.97 Å². The van der Waals surface area contributed by atoms with Crippen LogP contribution in [0.15, 0.2) is 22.7 Å². The fraction of sp³-hybridized carbons (Fsp3) is 0.500. The molecule has 3 rings (SSSR count). The van der Waals surface area contributed by atoms with Gasteiger partial charge in [-0.3, -0.25) is 4.90 Å². The number of esters is 1. The number of β-amino-alcohol motifs (C(OH)–C–C–N with tert-alkyl or cyclic N) is 1. The van der Waals surface area contributed by atoms with Crippen molar-refractivity contribution in [2.45, 2.75) is 32.1 Å². The third-order valence-corrected chi connectivity index (χ3v) is 4.04. The Morgan fingerprint density at radius 2 is 2.26 bits per heavy atom. The molecule has 23 heavy (non-hydrogen) atoms. The van der Waals surface area contributed by atoms with E-state index in [1.807, 2.05) is 12.1 Å². The number of aliphatic hydroxyl groups is 2. The normalized spacial score (nSPS) is 22.4. The molecule has 1 saturated heterocycles. The monoisotopic (exact) mass is 320 g/mol. The summed E-state index contributed by atoms with van der Waals surface area (Å²) in [6.07, 6.45) is -0.828. The molecule has 0 bridgehead atoms. The number of piperidine rings is 1. The third-order valence-electron chi connectivity index (χ3n) is 4.04. The van der Waals surface area contributed by atoms with Gasteiger partial charge in [0.2, 0.25) is 0 Å². The molecule has 0 amide bonds. The molecule has 0 radical (unpaired) electrons. The van der Waals surface area contributed by atoms with Crippen molar-refractivity contribution in [2.24, 2.45) is 0 Å². The smallest absolute Gasteiger partial charge is 0.377 e. The Morgan fingerprint density at radius 1 is 1.43 bits per heavy atom. The van der Waals surface area contributed by atoms with Crippen LogP contribution in [0.1, 0.15) is 29.5 Å². The summed E-state index contributed by atoms with van der Waals surface area (Å²) in [4.78, 5) is 13.9. The molecule has 7 heteroatoms. The van der Waals surface area contributed by atoms with E-state index in [1.54, 1.807) is 13.0 Å². The van der Waals surface area contributed by atoms with Gasteiger partial charge < -0.3 is 19.5 Å². The maximum absolute atomic E-state index is 11.9. The number of fused-ring (bicyclic) bond motifs is 1. The van der Waals surface area contributed by atoms with Gasteiger partial charge in [-0.1, -0.05) is 11.2 Å². The lowest BCUT2D eigenvalue weighted by atomic mass is 10.0. The molecule has 2 N–H and O–H groups in total. The minimum atomic E-state index is -0.724. The maximum Gasteiger partial charge on any atom is 0.377 e. The number of benzene rings is 1. The van der Waals surface area contributed by atoms with E-state index in [-0.39, 0.29) is 12.4 Å². The van der Waals surface area contributed by atoms with Crippen molar-refractivity contribution in [1.82, 2.24) is 10.1 Å². The van der Waals surface area contributed by atoms with Crippen LogP contribution in [-0.2, 0) is 11.3 Å². The molecule has 0 aliphatic carbocycles. The first-order chi connectivity index (χ1) is 11.1. The Bertz CT molecular complexity index is 699. The zero-order chi connectivity index (χ0) is 16.4. The lowest BCUT2D eigenvalue weighted by Gasteiger charge is -2.33. The minimum absolute atomic E-state index is 0.109. The molecule has 2 heterocycles. The second kappa shape index (κ2) is 6.66. The highest BCUT2D eigenvalue weighted by molar-refractivity contribution is 6.00. The van der Waals surface area contributed by atoms with Gasteiger partial charge in [0.05, 0.1) is 24.2 Å². The quantitative estimate of drug-likeness (QED) is 0.809. The zero-order valence-corrected chi connectivity index (χ0v) is 12.9. The summed E-state index contributed by atoms with van der Waals surface area (Å²) in [6.45, 7) is 3.76. The summed E-state index contributed by atoms with van der Waals surface area (Å²) in [5.74, 6) is -0.415. The highest BCUT2D eigenvalue weighted by Gasteiger charge is 2.26. The van der Waals surface area contributed by atoms with Gasteiger partial charge in [0.25, 0.3) is 5.76 Å². The molecule has 0 unspecified atom stereocenters.